The highest BCUT2D eigenvalue weighted by atomic mass is 16.9. The first-order chi connectivity index (χ1) is 5.11. The van der Waals surface area contributed by atoms with Gasteiger partial charge in [-0.25, -0.2) is 19.3 Å². The second-order valence-corrected chi connectivity index (χ2v) is 1.42. The number of urea groups is 2. The molecule has 0 radical (unpaired) electrons. The summed E-state index contributed by atoms with van der Waals surface area (Å²) >= 11 is 0. The van der Waals surface area contributed by atoms with E-state index >= 15 is 0 Å². The largest absolute Gasteiger partial charge is 0.374 e. The average Bonchev–Trinajstić information content (AvgIpc) is 1.88. The third-order valence-electron chi connectivity index (χ3n) is 0.728. The molecule has 0 heterocycles. The summed E-state index contributed by atoms with van der Waals surface area (Å²) in [7, 11) is 2.40. The number of primary amides is 1. The van der Waals surface area contributed by atoms with Crippen molar-refractivity contribution < 1.29 is 19.3 Å². The molecule has 0 atom stereocenters. The Morgan fingerprint density at radius 1 is 1.36 bits per heavy atom. The monoisotopic (exact) mass is 163 g/mol. The van der Waals surface area contributed by atoms with Crippen LogP contribution in [0.4, 0.5) is 9.59 Å². The van der Waals surface area contributed by atoms with Crippen LogP contribution in [0.25, 0.3) is 0 Å². The third kappa shape index (κ3) is 3.38. The van der Waals surface area contributed by atoms with E-state index in [-0.39, 0.29) is 0 Å². The van der Waals surface area contributed by atoms with Crippen molar-refractivity contribution in [3.05, 3.63) is 0 Å². The van der Waals surface area contributed by atoms with Crippen LogP contribution < -0.4 is 11.1 Å². The normalized spacial score (nSPS) is 8.91. The number of carbonyl (C=O) groups excluding carboxylic acids is 2. The molecule has 3 N–H and O–H groups in total. The Bertz CT molecular complexity index is 155. The van der Waals surface area contributed by atoms with Gasteiger partial charge in [-0.2, -0.15) is 0 Å². The topological polar surface area (TPSA) is 93.9 Å². The fraction of sp³-hybridized carbons (Fsp3) is 0.500. The molecule has 0 aromatic carbocycles. The standard InChI is InChI=1S/C4H9N3O4/c1-10-7(11-2)4(9)6-3(5)8/h1-2H3,(H3,5,6,8,9). The van der Waals surface area contributed by atoms with E-state index in [0.717, 1.165) is 0 Å². The van der Waals surface area contributed by atoms with E-state index in [4.69, 9.17) is 0 Å². The van der Waals surface area contributed by atoms with Gasteiger partial charge in [-0.3, -0.25) is 5.32 Å². The summed E-state index contributed by atoms with van der Waals surface area (Å²) in [6, 6.07) is -1.86. The number of imide groups is 1. The van der Waals surface area contributed by atoms with Crippen molar-refractivity contribution in [2.24, 2.45) is 5.73 Å². The quantitative estimate of drug-likeness (QED) is 0.521. The van der Waals surface area contributed by atoms with E-state index < -0.39 is 12.1 Å². The second kappa shape index (κ2) is 4.47. The lowest BCUT2D eigenvalue weighted by Gasteiger charge is -2.14. The zero-order valence-electron chi connectivity index (χ0n) is 6.16. The van der Waals surface area contributed by atoms with E-state index in [9.17, 15) is 9.59 Å². The van der Waals surface area contributed by atoms with E-state index in [1.54, 1.807) is 5.32 Å². The zero-order valence-corrected chi connectivity index (χ0v) is 6.16. The van der Waals surface area contributed by atoms with Crippen LogP contribution in [-0.4, -0.2) is 31.5 Å². The summed E-state index contributed by atoms with van der Waals surface area (Å²) in [5, 5.41) is 2.18. The van der Waals surface area contributed by atoms with E-state index in [1.807, 2.05) is 0 Å². The number of hydroxylamine groups is 2. The molecule has 0 aliphatic rings. The minimum atomic E-state index is -0.978. The fourth-order valence-corrected chi connectivity index (χ4v) is 0.391. The zero-order chi connectivity index (χ0) is 8.85. The number of hydrogen-bond donors (Lipinski definition) is 2. The van der Waals surface area contributed by atoms with Crippen molar-refractivity contribution in [2.75, 3.05) is 14.2 Å². The molecule has 0 spiro atoms. The van der Waals surface area contributed by atoms with Crippen molar-refractivity contribution in [3.8, 4) is 0 Å². The van der Waals surface area contributed by atoms with Crippen LogP contribution >= 0.6 is 0 Å². The maximum absolute atomic E-state index is 10.7. The molecular formula is C4H9N3O4. The molecule has 0 rings (SSSR count). The van der Waals surface area contributed by atoms with E-state index in [1.165, 1.54) is 14.2 Å². The summed E-state index contributed by atoms with van der Waals surface area (Å²) in [6.45, 7) is 0. The molecule has 0 aromatic rings. The van der Waals surface area contributed by atoms with Gasteiger partial charge in [0, 0.05) is 0 Å². The van der Waals surface area contributed by atoms with Gasteiger partial charge < -0.3 is 5.73 Å². The maximum atomic E-state index is 10.7. The summed E-state index contributed by atoms with van der Waals surface area (Å²) < 4.78 is 0. The minimum Gasteiger partial charge on any atom is -0.351 e. The van der Waals surface area contributed by atoms with Gasteiger partial charge in [0.1, 0.15) is 0 Å². The van der Waals surface area contributed by atoms with Crippen LogP contribution in [0.2, 0.25) is 0 Å². The van der Waals surface area contributed by atoms with Crippen LogP contribution in [0, 0.1) is 0 Å². The number of nitrogens with one attached hydrogen (secondary N) is 1. The molecule has 0 aliphatic carbocycles. The number of nitrogens with two attached hydrogens (primary N) is 1. The molecule has 0 bridgehead atoms. The molecule has 0 aromatic heterocycles. The molecule has 64 valence electrons. The highest BCUT2D eigenvalue weighted by Crippen LogP contribution is 1.87. The summed E-state index contributed by atoms with van der Waals surface area (Å²) in [4.78, 5) is 29.5. The van der Waals surface area contributed by atoms with Crippen molar-refractivity contribution in [1.29, 1.82) is 0 Å². The van der Waals surface area contributed by atoms with Crippen LogP contribution in [0.3, 0.4) is 0 Å². The Kier molecular flexibility index (Phi) is 3.93. The molecule has 0 aliphatic heterocycles. The van der Waals surface area contributed by atoms with Gasteiger partial charge in [0.25, 0.3) is 0 Å². The van der Waals surface area contributed by atoms with Crippen LogP contribution in [0.5, 0.6) is 0 Å². The molecule has 4 amide bonds. The van der Waals surface area contributed by atoms with E-state index in [2.05, 4.69) is 15.4 Å². The van der Waals surface area contributed by atoms with E-state index in [0.29, 0.717) is 5.23 Å². The smallest absolute Gasteiger partial charge is 0.351 e. The molecule has 0 fully saturated rings. The van der Waals surface area contributed by atoms with Crippen LogP contribution in [-0.2, 0) is 9.68 Å². The molecule has 7 heteroatoms. The van der Waals surface area contributed by atoms with Gasteiger partial charge in [0.15, 0.2) is 0 Å². The highest BCUT2D eigenvalue weighted by molar-refractivity contribution is 5.91. The van der Waals surface area contributed by atoms with Gasteiger partial charge in [0.2, 0.25) is 0 Å². The molecule has 0 unspecified atom stereocenters. The van der Waals surface area contributed by atoms with Gasteiger partial charge >= 0.3 is 12.1 Å². The molecule has 0 saturated heterocycles. The lowest BCUT2D eigenvalue weighted by atomic mass is 10.9. The SMILES string of the molecule is CON(OC)C(=O)NC(N)=O. The average molecular weight is 163 g/mol. The molecule has 0 saturated carbocycles. The third-order valence-corrected chi connectivity index (χ3v) is 0.728. The first-order valence-corrected chi connectivity index (χ1v) is 2.60. The molecule has 11 heavy (non-hydrogen) atoms. The lowest BCUT2D eigenvalue weighted by Crippen LogP contribution is -2.44. The Morgan fingerprint density at radius 2 is 1.82 bits per heavy atom. The van der Waals surface area contributed by atoms with Crippen molar-refractivity contribution >= 4 is 12.1 Å². The number of rotatable bonds is 2. The van der Waals surface area contributed by atoms with Crippen molar-refractivity contribution in [3.63, 3.8) is 0 Å². The number of hydrogen-bond acceptors (Lipinski definition) is 4. The number of amides is 4. The van der Waals surface area contributed by atoms with Crippen molar-refractivity contribution in [2.45, 2.75) is 0 Å². The van der Waals surface area contributed by atoms with Gasteiger partial charge in [-0.1, -0.05) is 5.23 Å². The highest BCUT2D eigenvalue weighted by Gasteiger charge is 2.13. The van der Waals surface area contributed by atoms with Gasteiger partial charge in [-0.05, 0) is 0 Å². The summed E-state index contributed by atoms with van der Waals surface area (Å²) in [5.41, 5.74) is 4.63. The van der Waals surface area contributed by atoms with Crippen LogP contribution in [0.15, 0.2) is 0 Å². The molecule has 7 nitrogen and oxygen atoms in total. The Labute approximate surface area is 62.9 Å². The first kappa shape index (κ1) is 9.66. The first-order valence-electron chi connectivity index (χ1n) is 2.60. The Balaban J connectivity index is 3.89. The van der Waals surface area contributed by atoms with Crippen LogP contribution in [0.1, 0.15) is 0 Å². The minimum absolute atomic E-state index is 0.463. The second-order valence-electron chi connectivity index (χ2n) is 1.42. The summed E-state index contributed by atoms with van der Waals surface area (Å²) in [5.74, 6) is 0. The number of carbonyl (C=O) groups is 2. The van der Waals surface area contributed by atoms with Crippen molar-refractivity contribution in [1.82, 2.24) is 10.5 Å². The summed E-state index contributed by atoms with van der Waals surface area (Å²) in [6.07, 6.45) is 0. The Morgan fingerprint density at radius 3 is 2.09 bits per heavy atom. The molecular weight excluding hydrogens is 154 g/mol. The predicted octanol–water partition coefficient (Wildman–Crippen LogP) is -0.800. The lowest BCUT2D eigenvalue weighted by molar-refractivity contribution is -0.297. The number of nitrogens with zero attached hydrogens (tertiary/aromatic N) is 1. The Hall–Kier alpha value is -1.34. The fourth-order valence-electron chi connectivity index (χ4n) is 0.391. The van der Waals surface area contributed by atoms with Gasteiger partial charge in [0.05, 0.1) is 14.2 Å². The maximum Gasteiger partial charge on any atom is 0.374 e. The van der Waals surface area contributed by atoms with Gasteiger partial charge in [-0.15, -0.1) is 0 Å². The predicted molar refractivity (Wildman–Crippen MR) is 34.0 cm³/mol.